The van der Waals surface area contributed by atoms with Gasteiger partial charge in [0.1, 0.15) is 0 Å². The highest BCUT2D eigenvalue weighted by Crippen LogP contribution is 2.33. The summed E-state index contributed by atoms with van der Waals surface area (Å²) >= 11 is 6.24. The average molecular weight is 309 g/mol. The minimum Gasteiger partial charge on any atom is -0.396 e. The van der Waals surface area contributed by atoms with Crippen molar-refractivity contribution in [3.05, 3.63) is 28.8 Å². The van der Waals surface area contributed by atoms with Crippen LogP contribution in [-0.4, -0.2) is 30.3 Å². The summed E-state index contributed by atoms with van der Waals surface area (Å²) in [6.45, 7) is 2.32. The van der Waals surface area contributed by atoms with Gasteiger partial charge in [-0.15, -0.1) is 0 Å². The molecule has 1 saturated carbocycles. The lowest BCUT2D eigenvalue weighted by Crippen LogP contribution is -2.31. The van der Waals surface area contributed by atoms with Crippen LogP contribution in [0.25, 0.3) is 0 Å². The van der Waals surface area contributed by atoms with Crippen molar-refractivity contribution in [2.24, 2.45) is 0 Å². The Kier molecular flexibility index (Phi) is 5.04. The summed E-state index contributed by atoms with van der Waals surface area (Å²) in [5.41, 5.74) is 2.64. The summed E-state index contributed by atoms with van der Waals surface area (Å²) in [6, 6.07) is 7.54. The van der Waals surface area contributed by atoms with E-state index in [1.165, 1.54) is 36.9 Å². The van der Waals surface area contributed by atoms with Gasteiger partial charge in [0.2, 0.25) is 0 Å². The maximum Gasteiger partial charge on any atom is 0.0431 e. The third-order valence-electron chi connectivity index (χ3n) is 4.59. The van der Waals surface area contributed by atoms with Gasteiger partial charge in [0.25, 0.3) is 0 Å². The summed E-state index contributed by atoms with van der Waals surface area (Å²) in [4.78, 5) is 2.51. The van der Waals surface area contributed by atoms with Crippen LogP contribution < -0.4 is 10.2 Å². The first-order valence-electron chi connectivity index (χ1n) is 8.17. The van der Waals surface area contributed by atoms with Crippen LogP contribution in [0.3, 0.4) is 0 Å². The van der Waals surface area contributed by atoms with Crippen molar-refractivity contribution in [2.45, 2.75) is 57.2 Å². The first kappa shape index (κ1) is 15.1. The molecule has 0 bridgehead atoms. The molecule has 3 rings (SSSR count). The summed E-state index contributed by atoms with van der Waals surface area (Å²) in [5, 5.41) is 13.5. The fourth-order valence-corrected chi connectivity index (χ4v) is 3.44. The molecule has 116 valence electrons. The molecule has 2 aliphatic rings. The molecule has 1 heterocycles. The Labute approximate surface area is 132 Å². The third-order valence-corrected chi connectivity index (χ3v) is 4.82. The Hall–Kier alpha value is -0.770. The van der Waals surface area contributed by atoms with E-state index in [2.05, 4.69) is 22.3 Å². The molecule has 1 aromatic carbocycles. The van der Waals surface area contributed by atoms with Gasteiger partial charge in [-0.3, -0.25) is 0 Å². The zero-order chi connectivity index (χ0) is 14.7. The Morgan fingerprint density at radius 3 is 2.90 bits per heavy atom. The van der Waals surface area contributed by atoms with Gasteiger partial charge in [-0.2, -0.15) is 0 Å². The van der Waals surface area contributed by atoms with Gasteiger partial charge in [-0.05, 0) is 56.2 Å². The molecule has 2 N–H and O–H groups in total. The molecule has 0 radical (unpaired) electrons. The quantitative estimate of drug-likeness (QED) is 0.811. The maximum atomic E-state index is 9.08. The highest BCUT2D eigenvalue weighted by Gasteiger charge is 2.27. The lowest BCUT2D eigenvalue weighted by atomic mass is 10.1. The minimum atomic E-state index is 0.288. The topological polar surface area (TPSA) is 35.5 Å². The van der Waals surface area contributed by atoms with Gasteiger partial charge in [-0.25, -0.2) is 0 Å². The third kappa shape index (κ3) is 3.91. The highest BCUT2D eigenvalue weighted by molar-refractivity contribution is 6.30. The minimum absolute atomic E-state index is 0.288. The Morgan fingerprint density at radius 2 is 2.14 bits per heavy atom. The van der Waals surface area contributed by atoms with Crippen molar-refractivity contribution in [1.29, 1.82) is 0 Å². The van der Waals surface area contributed by atoms with E-state index in [0.29, 0.717) is 6.04 Å². The van der Waals surface area contributed by atoms with Crippen LogP contribution in [0.4, 0.5) is 5.69 Å². The number of nitrogens with one attached hydrogen (secondary N) is 1. The molecule has 21 heavy (non-hydrogen) atoms. The lowest BCUT2D eigenvalue weighted by Gasteiger charge is -2.29. The second-order valence-corrected chi connectivity index (χ2v) is 6.72. The molecule has 1 aliphatic heterocycles. The van der Waals surface area contributed by atoms with E-state index < -0.39 is 0 Å². The van der Waals surface area contributed by atoms with E-state index in [1.54, 1.807) is 0 Å². The maximum absolute atomic E-state index is 9.08. The van der Waals surface area contributed by atoms with Gasteiger partial charge in [0.05, 0.1) is 0 Å². The predicted octanol–water partition coefficient (Wildman–Crippen LogP) is 3.33. The molecule has 0 spiro atoms. The van der Waals surface area contributed by atoms with Crippen molar-refractivity contribution < 1.29 is 5.11 Å². The van der Waals surface area contributed by atoms with Gasteiger partial charge in [0.15, 0.2) is 0 Å². The van der Waals surface area contributed by atoms with E-state index in [9.17, 15) is 0 Å². The normalized spacial score (nSPS) is 22.0. The van der Waals surface area contributed by atoms with Gasteiger partial charge in [-0.1, -0.05) is 17.7 Å². The van der Waals surface area contributed by atoms with E-state index in [0.717, 1.165) is 37.0 Å². The molecule has 1 atom stereocenters. The summed E-state index contributed by atoms with van der Waals surface area (Å²) in [6.07, 6.45) is 7.04. The van der Waals surface area contributed by atoms with Crippen LogP contribution in [0.2, 0.25) is 5.02 Å². The summed E-state index contributed by atoms with van der Waals surface area (Å²) in [5.74, 6) is 0. The van der Waals surface area contributed by atoms with Crippen molar-refractivity contribution in [1.82, 2.24) is 5.32 Å². The Morgan fingerprint density at radius 1 is 1.29 bits per heavy atom. The Bertz CT molecular complexity index is 476. The number of hydrogen-bond donors (Lipinski definition) is 2. The zero-order valence-corrected chi connectivity index (χ0v) is 13.3. The number of hydrogen-bond acceptors (Lipinski definition) is 3. The molecule has 1 saturated heterocycles. The number of aliphatic hydroxyl groups excluding tert-OH is 1. The van der Waals surface area contributed by atoms with E-state index in [4.69, 9.17) is 16.7 Å². The molecule has 2 fully saturated rings. The zero-order valence-electron chi connectivity index (χ0n) is 12.5. The van der Waals surface area contributed by atoms with Crippen molar-refractivity contribution in [2.75, 3.05) is 18.1 Å². The fourth-order valence-electron chi connectivity index (χ4n) is 3.28. The van der Waals surface area contributed by atoms with Crippen molar-refractivity contribution in [3.63, 3.8) is 0 Å². The van der Waals surface area contributed by atoms with Crippen LogP contribution in [0, 0.1) is 0 Å². The molecule has 4 heteroatoms. The summed E-state index contributed by atoms with van der Waals surface area (Å²) < 4.78 is 0. The first-order valence-corrected chi connectivity index (χ1v) is 8.55. The number of aliphatic hydroxyl groups is 1. The molecular weight excluding hydrogens is 284 g/mol. The number of halogens is 1. The molecule has 3 nitrogen and oxygen atoms in total. The van der Waals surface area contributed by atoms with Crippen LogP contribution >= 0.6 is 11.6 Å². The molecule has 1 aromatic rings. The van der Waals surface area contributed by atoms with Crippen LogP contribution in [0.5, 0.6) is 0 Å². The van der Waals surface area contributed by atoms with Crippen LogP contribution in [0.1, 0.15) is 44.1 Å². The number of rotatable bonds is 7. The second kappa shape index (κ2) is 6.99. The predicted molar refractivity (Wildman–Crippen MR) is 88.0 cm³/mol. The number of anilines is 1. The van der Waals surface area contributed by atoms with E-state index in [1.807, 2.05) is 6.07 Å². The van der Waals surface area contributed by atoms with E-state index in [-0.39, 0.29) is 6.61 Å². The SMILES string of the molecule is OCCCC1CCCN1c1cc(Cl)ccc1CNC1CC1. The van der Waals surface area contributed by atoms with Crippen molar-refractivity contribution >= 4 is 17.3 Å². The smallest absolute Gasteiger partial charge is 0.0431 e. The first-order chi connectivity index (χ1) is 10.3. The second-order valence-electron chi connectivity index (χ2n) is 6.28. The standard InChI is InChI=1S/C17H25ClN2O/c18-14-6-5-13(12-19-15-7-8-15)17(11-14)20-9-1-3-16(20)4-2-10-21/h5-6,11,15-16,19,21H,1-4,7-10,12H2. The van der Waals surface area contributed by atoms with Gasteiger partial charge < -0.3 is 15.3 Å². The highest BCUT2D eigenvalue weighted by atomic mass is 35.5. The Balaban J connectivity index is 1.75. The fraction of sp³-hybridized carbons (Fsp3) is 0.647. The molecule has 0 amide bonds. The van der Waals surface area contributed by atoms with Crippen LogP contribution in [0.15, 0.2) is 18.2 Å². The monoisotopic (exact) mass is 308 g/mol. The average Bonchev–Trinajstić information content (AvgIpc) is 3.20. The molecular formula is C17H25ClN2O. The molecule has 1 unspecified atom stereocenters. The molecule has 1 aliphatic carbocycles. The van der Waals surface area contributed by atoms with Crippen LogP contribution in [-0.2, 0) is 6.54 Å². The number of nitrogens with zero attached hydrogens (tertiary/aromatic N) is 1. The lowest BCUT2D eigenvalue weighted by molar-refractivity contribution is 0.279. The van der Waals surface area contributed by atoms with E-state index >= 15 is 0 Å². The van der Waals surface area contributed by atoms with Crippen molar-refractivity contribution in [3.8, 4) is 0 Å². The summed E-state index contributed by atoms with van der Waals surface area (Å²) in [7, 11) is 0. The van der Waals surface area contributed by atoms with Gasteiger partial charge >= 0.3 is 0 Å². The number of benzene rings is 1. The van der Waals surface area contributed by atoms with Gasteiger partial charge in [0, 0.05) is 42.5 Å². The largest absolute Gasteiger partial charge is 0.396 e. The molecule has 0 aromatic heterocycles.